The van der Waals surface area contributed by atoms with Crippen molar-refractivity contribution in [2.75, 3.05) is 7.11 Å². The van der Waals surface area contributed by atoms with Crippen LogP contribution in [0.3, 0.4) is 0 Å². The van der Waals surface area contributed by atoms with Crippen LogP contribution in [-0.2, 0) is 14.3 Å². The molecule has 0 spiro atoms. The van der Waals surface area contributed by atoms with E-state index in [-0.39, 0.29) is 0 Å². The quantitative estimate of drug-likeness (QED) is 0.356. The fourth-order valence-corrected chi connectivity index (χ4v) is 1.73. The summed E-state index contributed by atoms with van der Waals surface area (Å²) in [6.45, 7) is 0. The molecule has 5 heteroatoms. The van der Waals surface area contributed by atoms with Crippen LogP contribution >= 0.6 is 0 Å². The molecule has 0 saturated carbocycles. The Bertz CT molecular complexity index is 639. The summed E-state index contributed by atoms with van der Waals surface area (Å²) in [4.78, 5) is 22.2. The second kappa shape index (κ2) is 5.88. The number of carbonyl (C=O) groups is 2. The molecule has 102 valence electrons. The average Bonchev–Trinajstić information content (AvgIpc) is 2.98. The summed E-state index contributed by atoms with van der Waals surface area (Å²) in [5, 5.41) is 10.9. The van der Waals surface area contributed by atoms with E-state index in [0.717, 1.165) is 12.8 Å². The zero-order chi connectivity index (χ0) is 14.5. The molecule has 0 bridgehead atoms. The van der Waals surface area contributed by atoms with Crippen molar-refractivity contribution in [3.8, 4) is 5.69 Å². The van der Waals surface area contributed by atoms with Crippen molar-refractivity contribution in [2.45, 2.75) is 0 Å². The van der Waals surface area contributed by atoms with E-state index in [0.29, 0.717) is 5.56 Å². The predicted molar refractivity (Wildman–Crippen MR) is 70.8 cm³/mol. The highest BCUT2D eigenvalue weighted by Crippen LogP contribution is 2.13. The highest BCUT2D eigenvalue weighted by atomic mass is 16.5. The lowest BCUT2D eigenvalue weighted by molar-refractivity contribution is -0.298. The summed E-state index contributed by atoms with van der Waals surface area (Å²) in [5.41, 5.74) is 0.993. The SMILES string of the molecule is COC(=O)/C(=C\c1ccc(-n2cccc2)cc1)C(=O)[O-]. The van der Waals surface area contributed by atoms with Crippen molar-refractivity contribution in [3.63, 3.8) is 0 Å². The van der Waals surface area contributed by atoms with Gasteiger partial charge in [0.2, 0.25) is 0 Å². The Labute approximate surface area is 115 Å². The number of carbonyl (C=O) groups excluding carboxylic acids is 2. The lowest BCUT2D eigenvalue weighted by Crippen LogP contribution is -2.29. The summed E-state index contributed by atoms with van der Waals surface area (Å²) in [7, 11) is 1.12. The van der Waals surface area contributed by atoms with Crippen LogP contribution in [0.25, 0.3) is 11.8 Å². The number of carboxylic acid groups (broad SMARTS) is 1. The molecule has 0 aliphatic heterocycles. The number of ether oxygens (including phenoxy) is 1. The lowest BCUT2D eigenvalue weighted by Gasteiger charge is -2.07. The first-order valence-electron chi connectivity index (χ1n) is 5.86. The summed E-state index contributed by atoms with van der Waals surface area (Å²) in [6, 6.07) is 10.9. The van der Waals surface area contributed by atoms with Crippen molar-refractivity contribution < 1.29 is 19.4 Å². The summed E-state index contributed by atoms with van der Waals surface area (Å²) >= 11 is 0. The molecular weight excluding hydrogens is 258 g/mol. The second-order valence-corrected chi connectivity index (χ2v) is 4.02. The zero-order valence-electron chi connectivity index (χ0n) is 10.8. The maximum Gasteiger partial charge on any atom is 0.339 e. The fraction of sp³-hybridized carbons (Fsp3) is 0.0667. The number of hydrogen-bond donors (Lipinski definition) is 0. The van der Waals surface area contributed by atoms with Gasteiger partial charge in [0, 0.05) is 18.1 Å². The van der Waals surface area contributed by atoms with E-state index >= 15 is 0 Å². The Morgan fingerprint density at radius 2 is 1.75 bits per heavy atom. The predicted octanol–water partition coefficient (Wildman–Crippen LogP) is 0.784. The lowest BCUT2D eigenvalue weighted by atomic mass is 10.1. The van der Waals surface area contributed by atoms with Gasteiger partial charge in [-0.3, -0.25) is 0 Å². The first-order valence-corrected chi connectivity index (χ1v) is 5.86. The number of hydrogen-bond acceptors (Lipinski definition) is 4. The Kier molecular flexibility index (Phi) is 4.00. The molecule has 0 aliphatic carbocycles. The molecule has 1 heterocycles. The van der Waals surface area contributed by atoms with Gasteiger partial charge in [0.1, 0.15) is 0 Å². The van der Waals surface area contributed by atoms with Crippen molar-refractivity contribution in [1.29, 1.82) is 0 Å². The maximum absolute atomic E-state index is 11.3. The molecule has 0 unspecified atom stereocenters. The third-order valence-corrected chi connectivity index (χ3v) is 2.73. The van der Waals surface area contributed by atoms with E-state index in [1.807, 2.05) is 41.2 Å². The van der Waals surface area contributed by atoms with Gasteiger partial charge in [-0.15, -0.1) is 0 Å². The number of methoxy groups -OCH3 is 1. The van der Waals surface area contributed by atoms with Crippen molar-refractivity contribution >= 4 is 18.0 Å². The molecule has 0 N–H and O–H groups in total. The van der Waals surface area contributed by atoms with Crippen molar-refractivity contribution in [1.82, 2.24) is 4.57 Å². The van der Waals surface area contributed by atoms with E-state index in [2.05, 4.69) is 4.74 Å². The maximum atomic E-state index is 11.3. The van der Waals surface area contributed by atoms with Crippen LogP contribution in [0.15, 0.2) is 54.4 Å². The minimum atomic E-state index is -1.56. The van der Waals surface area contributed by atoms with E-state index in [1.54, 1.807) is 12.1 Å². The van der Waals surface area contributed by atoms with Gasteiger partial charge in [-0.2, -0.15) is 0 Å². The monoisotopic (exact) mass is 270 g/mol. The molecule has 0 aliphatic rings. The molecule has 5 nitrogen and oxygen atoms in total. The second-order valence-electron chi connectivity index (χ2n) is 4.02. The molecule has 0 radical (unpaired) electrons. The van der Waals surface area contributed by atoms with Gasteiger partial charge in [0.05, 0.1) is 18.7 Å². The molecule has 0 saturated heterocycles. The first-order chi connectivity index (χ1) is 9.61. The third kappa shape index (κ3) is 2.95. The van der Waals surface area contributed by atoms with Crippen LogP contribution in [0, 0.1) is 0 Å². The molecule has 0 fully saturated rings. The van der Waals surface area contributed by atoms with Gasteiger partial charge < -0.3 is 19.2 Å². The molecular formula is C15H12NO4-. The van der Waals surface area contributed by atoms with E-state index < -0.39 is 17.5 Å². The molecule has 2 rings (SSSR count). The van der Waals surface area contributed by atoms with Crippen LogP contribution in [0.4, 0.5) is 0 Å². The molecule has 1 aromatic carbocycles. The first kappa shape index (κ1) is 13.6. The Morgan fingerprint density at radius 1 is 1.15 bits per heavy atom. The largest absolute Gasteiger partial charge is 0.545 e. The van der Waals surface area contributed by atoms with Gasteiger partial charge in [-0.1, -0.05) is 12.1 Å². The normalized spacial score (nSPS) is 11.2. The fourth-order valence-electron chi connectivity index (χ4n) is 1.73. The molecule has 1 aromatic heterocycles. The number of aromatic nitrogens is 1. The Hall–Kier alpha value is -2.82. The van der Waals surface area contributed by atoms with Crippen LogP contribution in [0.5, 0.6) is 0 Å². The van der Waals surface area contributed by atoms with Gasteiger partial charge in [-0.25, -0.2) is 4.79 Å². The highest BCUT2D eigenvalue weighted by Gasteiger charge is 2.10. The van der Waals surface area contributed by atoms with Crippen LogP contribution < -0.4 is 5.11 Å². The van der Waals surface area contributed by atoms with Gasteiger partial charge in [0.25, 0.3) is 0 Å². The van der Waals surface area contributed by atoms with Crippen molar-refractivity contribution in [3.05, 3.63) is 59.9 Å². The highest BCUT2D eigenvalue weighted by molar-refractivity contribution is 6.16. The van der Waals surface area contributed by atoms with Gasteiger partial charge >= 0.3 is 5.97 Å². The summed E-state index contributed by atoms with van der Waals surface area (Å²) < 4.78 is 6.31. The smallest absolute Gasteiger partial charge is 0.339 e. The minimum absolute atomic E-state index is 0.513. The molecule has 0 amide bonds. The number of nitrogens with zero attached hydrogens (tertiary/aromatic N) is 1. The molecule has 2 aromatic rings. The molecule has 20 heavy (non-hydrogen) atoms. The van der Waals surface area contributed by atoms with Crippen molar-refractivity contribution in [2.24, 2.45) is 0 Å². The van der Waals surface area contributed by atoms with Crippen LogP contribution in [-0.4, -0.2) is 23.6 Å². The number of rotatable bonds is 4. The van der Waals surface area contributed by atoms with E-state index in [9.17, 15) is 14.7 Å². The van der Waals surface area contributed by atoms with Crippen LogP contribution in [0.2, 0.25) is 0 Å². The van der Waals surface area contributed by atoms with Crippen LogP contribution in [0.1, 0.15) is 5.56 Å². The van der Waals surface area contributed by atoms with E-state index in [4.69, 9.17) is 0 Å². The number of esters is 1. The van der Waals surface area contributed by atoms with Gasteiger partial charge in [0.15, 0.2) is 0 Å². The zero-order valence-corrected chi connectivity index (χ0v) is 10.8. The summed E-state index contributed by atoms with van der Waals surface area (Å²) in [5.74, 6) is -2.49. The summed E-state index contributed by atoms with van der Waals surface area (Å²) in [6.07, 6.45) is 5.01. The number of benzene rings is 1. The van der Waals surface area contributed by atoms with E-state index in [1.165, 1.54) is 6.08 Å². The minimum Gasteiger partial charge on any atom is -0.545 e. The molecule has 0 atom stereocenters. The van der Waals surface area contributed by atoms with Gasteiger partial charge in [-0.05, 0) is 35.9 Å². The third-order valence-electron chi connectivity index (χ3n) is 2.73. The topological polar surface area (TPSA) is 71.4 Å². The number of aliphatic carboxylic acids is 1. The Morgan fingerprint density at radius 3 is 2.25 bits per heavy atom. The standard InChI is InChI=1S/C15H13NO4/c1-20-15(19)13(14(17)18)10-11-4-6-12(7-5-11)16-8-2-3-9-16/h2-10H,1H3,(H,17,18)/p-1/b13-10-. The Balaban J connectivity index is 2.29. The average molecular weight is 270 g/mol. The number of carboxylic acids is 1.